The van der Waals surface area contributed by atoms with Gasteiger partial charge in [0.15, 0.2) is 0 Å². The molecule has 9 atom stereocenters. The van der Waals surface area contributed by atoms with E-state index in [1.807, 2.05) is 20.8 Å². The lowest BCUT2D eigenvalue weighted by Gasteiger charge is -2.51. The van der Waals surface area contributed by atoms with E-state index in [1.54, 1.807) is 39.8 Å². The SMILES string of the molecule is CC(=O)O[C@@]12C[C@@H](C)[C@]34C=C(C)[C@H](O)[C@@]3(O)[C@H](O)C(COC(=O)C(C)(C)C)=C[C@H](C4O)[C@@H]1C2(C)C. The molecule has 0 amide bonds. The highest BCUT2D eigenvalue weighted by Gasteiger charge is 2.82. The van der Waals surface area contributed by atoms with Crippen molar-refractivity contribution in [2.45, 2.75) is 91.3 Å². The van der Waals surface area contributed by atoms with E-state index in [1.165, 1.54) is 6.92 Å². The smallest absolute Gasteiger partial charge is 0.311 e. The van der Waals surface area contributed by atoms with Gasteiger partial charge in [-0.3, -0.25) is 9.59 Å². The van der Waals surface area contributed by atoms with Gasteiger partial charge in [-0.15, -0.1) is 0 Å². The molecule has 4 aliphatic rings. The van der Waals surface area contributed by atoms with Crippen LogP contribution in [0.4, 0.5) is 0 Å². The minimum atomic E-state index is -2.16. The summed E-state index contributed by atoms with van der Waals surface area (Å²) in [6.45, 7) is 13.7. The van der Waals surface area contributed by atoms with Crippen LogP contribution >= 0.6 is 0 Å². The zero-order chi connectivity index (χ0) is 26.5. The Kier molecular flexibility index (Phi) is 5.74. The van der Waals surface area contributed by atoms with Gasteiger partial charge in [-0.2, -0.15) is 0 Å². The maximum Gasteiger partial charge on any atom is 0.311 e. The van der Waals surface area contributed by atoms with Crippen LogP contribution in [0.15, 0.2) is 23.3 Å². The van der Waals surface area contributed by atoms with Crippen LogP contribution in [0.3, 0.4) is 0 Å². The highest BCUT2D eigenvalue weighted by Crippen LogP contribution is 2.76. The normalized spacial score (nSPS) is 45.7. The Hall–Kier alpha value is -1.74. The molecule has 4 aliphatic carbocycles. The number of fused-ring (bicyclic) bond motifs is 3. The summed E-state index contributed by atoms with van der Waals surface area (Å²) in [5, 5.41) is 46.9. The molecule has 0 aromatic carbocycles. The molecule has 1 spiro atoms. The maximum absolute atomic E-state index is 12.5. The van der Waals surface area contributed by atoms with Crippen molar-refractivity contribution in [3.05, 3.63) is 23.3 Å². The van der Waals surface area contributed by atoms with E-state index in [9.17, 15) is 30.0 Å². The summed E-state index contributed by atoms with van der Waals surface area (Å²) < 4.78 is 11.5. The van der Waals surface area contributed by atoms with Crippen LogP contribution in [0.25, 0.3) is 0 Å². The molecule has 0 aromatic rings. The number of aliphatic hydroxyl groups is 4. The number of aliphatic hydroxyl groups excluding tert-OH is 3. The average molecular weight is 493 g/mol. The fraction of sp³-hybridized carbons (Fsp3) is 0.778. The van der Waals surface area contributed by atoms with Crippen LogP contribution in [0.2, 0.25) is 0 Å². The van der Waals surface area contributed by atoms with E-state index >= 15 is 0 Å². The molecule has 196 valence electrons. The molecule has 4 N–H and O–H groups in total. The predicted octanol–water partition coefficient (Wildman–Crippen LogP) is 1.89. The first-order valence-electron chi connectivity index (χ1n) is 12.4. The van der Waals surface area contributed by atoms with Gasteiger partial charge in [0, 0.05) is 24.2 Å². The summed E-state index contributed by atoms with van der Waals surface area (Å²) in [7, 11) is 0. The standard InChI is InChI=1S/C27H40O8/c1-13-10-25-14(2)11-26(35-15(3)28)18(24(26,7)8)17(21(25)31)9-16(12-34-22(32)23(4,5)6)20(30)27(25,33)19(13)29/h9-10,14,17-21,29-31,33H,11-12H2,1-8H3/t14-,17+,18-,19+,20-,21?,25+,26+,27-/m1/s1. The Morgan fingerprint density at radius 2 is 1.74 bits per heavy atom. The van der Waals surface area contributed by atoms with Crippen molar-refractivity contribution in [2.24, 2.45) is 34.0 Å². The number of esters is 2. The van der Waals surface area contributed by atoms with Crippen LogP contribution in [-0.4, -0.2) is 68.5 Å². The number of carbonyl (C=O) groups is 2. The highest BCUT2D eigenvalue weighted by atomic mass is 16.6. The summed E-state index contributed by atoms with van der Waals surface area (Å²) in [5.74, 6) is -2.30. The maximum atomic E-state index is 12.5. The lowest BCUT2D eigenvalue weighted by Crippen LogP contribution is -2.66. The van der Waals surface area contributed by atoms with Crippen LogP contribution in [-0.2, 0) is 19.1 Å². The fourth-order valence-corrected chi connectivity index (χ4v) is 7.65. The summed E-state index contributed by atoms with van der Waals surface area (Å²) >= 11 is 0. The van der Waals surface area contributed by atoms with Crippen molar-refractivity contribution in [1.29, 1.82) is 0 Å². The lowest BCUT2D eigenvalue weighted by molar-refractivity contribution is -0.217. The van der Waals surface area contributed by atoms with Crippen molar-refractivity contribution in [2.75, 3.05) is 6.61 Å². The number of ether oxygens (including phenoxy) is 2. The monoisotopic (exact) mass is 492 g/mol. The van der Waals surface area contributed by atoms with E-state index in [0.717, 1.165) is 0 Å². The molecule has 0 aromatic heterocycles. The molecule has 1 unspecified atom stereocenters. The van der Waals surface area contributed by atoms with Crippen molar-refractivity contribution >= 4 is 11.9 Å². The quantitative estimate of drug-likeness (QED) is 0.347. The van der Waals surface area contributed by atoms with Gasteiger partial charge in [0.2, 0.25) is 0 Å². The Morgan fingerprint density at radius 1 is 1.14 bits per heavy atom. The second-order valence-corrected chi connectivity index (χ2v) is 12.8. The Labute approximate surface area is 207 Å². The van der Waals surface area contributed by atoms with Crippen LogP contribution < -0.4 is 0 Å². The van der Waals surface area contributed by atoms with Crippen LogP contribution in [0.1, 0.15) is 61.8 Å². The molecule has 8 nitrogen and oxygen atoms in total. The molecule has 2 saturated carbocycles. The number of carbonyl (C=O) groups excluding carboxylic acids is 2. The van der Waals surface area contributed by atoms with Crippen molar-refractivity contribution < 1.29 is 39.5 Å². The fourth-order valence-electron chi connectivity index (χ4n) is 7.65. The van der Waals surface area contributed by atoms with Gasteiger partial charge in [-0.25, -0.2) is 0 Å². The molecule has 0 radical (unpaired) electrons. The minimum Gasteiger partial charge on any atom is -0.461 e. The van der Waals surface area contributed by atoms with Crippen molar-refractivity contribution in [1.82, 2.24) is 0 Å². The van der Waals surface area contributed by atoms with E-state index in [-0.39, 0.29) is 18.1 Å². The molecule has 2 fully saturated rings. The largest absolute Gasteiger partial charge is 0.461 e. The number of hydrogen-bond donors (Lipinski definition) is 4. The summed E-state index contributed by atoms with van der Waals surface area (Å²) in [5.41, 5.74) is -5.05. The molecule has 0 saturated heterocycles. The topological polar surface area (TPSA) is 134 Å². The van der Waals surface area contributed by atoms with Gasteiger partial charge in [0.05, 0.1) is 16.9 Å². The summed E-state index contributed by atoms with van der Waals surface area (Å²) in [6.07, 6.45) is -0.503. The van der Waals surface area contributed by atoms with Gasteiger partial charge in [-0.05, 0) is 51.2 Å². The molecule has 0 aliphatic heterocycles. The molecule has 4 rings (SSSR count). The van der Waals surface area contributed by atoms with Gasteiger partial charge in [-0.1, -0.05) is 32.9 Å². The first-order valence-corrected chi connectivity index (χ1v) is 12.4. The van der Waals surface area contributed by atoms with Gasteiger partial charge < -0.3 is 29.9 Å². The van der Waals surface area contributed by atoms with E-state index < -0.39 is 69.5 Å². The van der Waals surface area contributed by atoms with E-state index in [2.05, 4.69) is 0 Å². The third kappa shape index (κ3) is 3.19. The number of rotatable bonds is 3. The lowest BCUT2D eigenvalue weighted by atomic mass is 9.58. The summed E-state index contributed by atoms with van der Waals surface area (Å²) in [6, 6.07) is 0. The molecule has 35 heavy (non-hydrogen) atoms. The van der Waals surface area contributed by atoms with Crippen LogP contribution in [0.5, 0.6) is 0 Å². The molecule has 2 bridgehead atoms. The Bertz CT molecular complexity index is 1010. The minimum absolute atomic E-state index is 0.215. The Balaban J connectivity index is 1.90. The third-order valence-corrected chi connectivity index (χ3v) is 9.44. The molecule has 8 heteroatoms. The summed E-state index contributed by atoms with van der Waals surface area (Å²) in [4.78, 5) is 24.7. The van der Waals surface area contributed by atoms with E-state index in [4.69, 9.17) is 9.47 Å². The van der Waals surface area contributed by atoms with Crippen LogP contribution in [0, 0.1) is 34.0 Å². The first-order chi connectivity index (χ1) is 15.9. The number of hydrogen-bond acceptors (Lipinski definition) is 8. The second-order valence-electron chi connectivity index (χ2n) is 12.8. The average Bonchev–Trinajstić information content (AvgIpc) is 3.13. The zero-order valence-electron chi connectivity index (χ0n) is 22.0. The van der Waals surface area contributed by atoms with Crippen molar-refractivity contribution in [3.63, 3.8) is 0 Å². The van der Waals surface area contributed by atoms with Gasteiger partial charge in [0.1, 0.15) is 30.0 Å². The second kappa shape index (κ2) is 7.63. The molecular weight excluding hydrogens is 452 g/mol. The van der Waals surface area contributed by atoms with Gasteiger partial charge in [0.25, 0.3) is 0 Å². The molecular formula is C27H40O8. The third-order valence-electron chi connectivity index (χ3n) is 9.44. The zero-order valence-corrected chi connectivity index (χ0v) is 22.0. The van der Waals surface area contributed by atoms with Crippen molar-refractivity contribution in [3.8, 4) is 0 Å². The highest BCUT2D eigenvalue weighted by molar-refractivity contribution is 5.75. The van der Waals surface area contributed by atoms with Gasteiger partial charge >= 0.3 is 11.9 Å². The first kappa shape index (κ1) is 26.3. The van der Waals surface area contributed by atoms with E-state index in [0.29, 0.717) is 12.0 Å². The Morgan fingerprint density at radius 3 is 2.29 bits per heavy atom. The predicted molar refractivity (Wildman–Crippen MR) is 127 cm³/mol. The molecule has 0 heterocycles.